The number of fused-ring (bicyclic) bond motifs is 1. The highest BCUT2D eigenvalue weighted by Crippen LogP contribution is 2.27. The molecule has 2 fully saturated rings. The Labute approximate surface area is 192 Å². The third kappa shape index (κ3) is 6.91. The molecule has 7 unspecified atom stereocenters. The van der Waals surface area contributed by atoms with Gasteiger partial charge in [-0.15, -0.1) is 0 Å². The predicted octanol–water partition coefficient (Wildman–Crippen LogP) is 2.01. The lowest BCUT2D eigenvalue weighted by atomic mass is 9.89. The summed E-state index contributed by atoms with van der Waals surface area (Å²) in [6.07, 6.45) is 2.78. The average molecular weight is 455 g/mol. The number of hydrogen-bond donors (Lipinski definition) is 3. The molecule has 0 saturated carbocycles. The molecule has 184 valence electrons. The molecule has 7 atom stereocenters. The fourth-order valence-electron chi connectivity index (χ4n) is 4.59. The van der Waals surface area contributed by atoms with E-state index in [1.807, 2.05) is 20.8 Å². The average Bonchev–Trinajstić information content (AvgIpc) is 3.22. The van der Waals surface area contributed by atoms with Crippen LogP contribution in [0, 0.1) is 17.8 Å². The van der Waals surface area contributed by atoms with Crippen molar-refractivity contribution < 1.29 is 29.3 Å². The largest absolute Gasteiger partial charge is 0.460 e. The lowest BCUT2D eigenvalue weighted by Crippen LogP contribution is -2.56. The smallest absolute Gasteiger partial charge is 0.329 e. The summed E-state index contributed by atoms with van der Waals surface area (Å²) in [4.78, 5) is 40.7. The summed E-state index contributed by atoms with van der Waals surface area (Å²) < 4.78 is 5.90. The van der Waals surface area contributed by atoms with Crippen molar-refractivity contribution in [1.29, 1.82) is 0 Å². The summed E-state index contributed by atoms with van der Waals surface area (Å²) in [5.74, 6) is -1.96. The van der Waals surface area contributed by atoms with Crippen LogP contribution in [0.25, 0.3) is 0 Å². The van der Waals surface area contributed by atoms with Gasteiger partial charge in [0.1, 0.15) is 18.2 Å². The minimum absolute atomic E-state index is 0.0187. The summed E-state index contributed by atoms with van der Waals surface area (Å²) in [5.41, 5.74) is 0. The number of esters is 1. The van der Waals surface area contributed by atoms with Crippen molar-refractivity contribution in [2.45, 2.75) is 110 Å². The predicted molar refractivity (Wildman–Crippen MR) is 120 cm³/mol. The normalized spacial score (nSPS) is 31.9. The maximum Gasteiger partial charge on any atom is 0.329 e. The van der Waals surface area contributed by atoms with Crippen molar-refractivity contribution in [3.8, 4) is 0 Å². The van der Waals surface area contributed by atoms with Crippen molar-refractivity contribution >= 4 is 17.8 Å². The summed E-state index contributed by atoms with van der Waals surface area (Å²) in [5, 5.41) is 23.1. The Morgan fingerprint density at radius 2 is 1.78 bits per heavy atom. The molecule has 0 aliphatic carbocycles. The van der Waals surface area contributed by atoms with Gasteiger partial charge in [-0.05, 0) is 44.4 Å². The second kappa shape index (κ2) is 12.0. The van der Waals surface area contributed by atoms with Gasteiger partial charge >= 0.3 is 5.97 Å². The van der Waals surface area contributed by atoms with Gasteiger partial charge < -0.3 is 25.2 Å². The summed E-state index contributed by atoms with van der Waals surface area (Å²) in [7, 11) is 0. The van der Waals surface area contributed by atoms with Crippen molar-refractivity contribution in [2.75, 3.05) is 6.54 Å². The van der Waals surface area contributed by atoms with Gasteiger partial charge in [-0.2, -0.15) is 0 Å². The molecular weight excluding hydrogens is 412 g/mol. The zero-order valence-electron chi connectivity index (χ0n) is 20.3. The van der Waals surface area contributed by atoms with Crippen molar-refractivity contribution in [3.05, 3.63) is 0 Å². The van der Waals surface area contributed by atoms with E-state index in [0.717, 1.165) is 19.3 Å². The van der Waals surface area contributed by atoms with Gasteiger partial charge in [0, 0.05) is 13.0 Å². The molecule has 2 heterocycles. The zero-order valence-corrected chi connectivity index (χ0v) is 20.3. The van der Waals surface area contributed by atoms with Gasteiger partial charge in [-0.1, -0.05) is 40.5 Å². The number of carbonyl (C=O) groups excluding carboxylic acids is 3. The SMILES string of the molecule is CC(O)CCCCC(C)C1CC(O)C(C)C(=O)NC(C(C)C)C(=O)N2CCCC2C(=O)O1. The minimum Gasteiger partial charge on any atom is -0.460 e. The van der Waals surface area contributed by atoms with Gasteiger partial charge in [0.05, 0.1) is 18.1 Å². The van der Waals surface area contributed by atoms with Crippen LogP contribution in [0.5, 0.6) is 0 Å². The van der Waals surface area contributed by atoms with Crippen LogP contribution in [0.4, 0.5) is 0 Å². The first-order valence-electron chi connectivity index (χ1n) is 12.2. The molecule has 0 aromatic heterocycles. The number of unbranched alkanes of at least 4 members (excludes halogenated alkanes) is 1. The van der Waals surface area contributed by atoms with Crippen molar-refractivity contribution in [1.82, 2.24) is 10.2 Å². The van der Waals surface area contributed by atoms with E-state index >= 15 is 0 Å². The van der Waals surface area contributed by atoms with Crippen LogP contribution in [-0.2, 0) is 19.1 Å². The lowest BCUT2D eigenvalue weighted by molar-refractivity contribution is -0.164. The number of amides is 2. The number of carbonyl (C=O) groups is 3. The number of cyclic esters (lactones) is 1. The molecule has 8 nitrogen and oxygen atoms in total. The Kier molecular flexibility index (Phi) is 9.95. The number of hydrogen-bond acceptors (Lipinski definition) is 6. The molecule has 2 amide bonds. The van der Waals surface area contributed by atoms with E-state index in [9.17, 15) is 24.6 Å². The third-order valence-corrected chi connectivity index (χ3v) is 6.94. The maximum absolute atomic E-state index is 13.2. The molecule has 0 aromatic carbocycles. The number of nitrogens with one attached hydrogen (secondary N) is 1. The quantitative estimate of drug-likeness (QED) is 0.400. The third-order valence-electron chi connectivity index (χ3n) is 6.94. The molecule has 0 bridgehead atoms. The van der Waals surface area contributed by atoms with E-state index in [0.29, 0.717) is 25.8 Å². The van der Waals surface area contributed by atoms with Crippen LogP contribution >= 0.6 is 0 Å². The first kappa shape index (κ1) is 26.6. The molecule has 2 aliphatic heterocycles. The first-order valence-corrected chi connectivity index (χ1v) is 12.2. The van der Waals surface area contributed by atoms with Gasteiger partial charge in [0.25, 0.3) is 0 Å². The lowest BCUT2D eigenvalue weighted by Gasteiger charge is -2.35. The van der Waals surface area contributed by atoms with E-state index in [4.69, 9.17) is 4.74 Å². The van der Waals surface area contributed by atoms with E-state index in [-0.39, 0.29) is 36.2 Å². The van der Waals surface area contributed by atoms with Gasteiger partial charge in [-0.3, -0.25) is 9.59 Å². The number of nitrogens with zero attached hydrogens (tertiary/aromatic N) is 1. The highest BCUT2D eigenvalue weighted by atomic mass is 16.5. The van der Waals surface area contributed by atoms with Crippen LogP contribution in [0.2, 0.25) is 0 Å². The summed E-state index contributed by atoms with van der Waals surface area (Å²) in [6.45, 7) is 9.56. The molecule has 0 spiro atoms. The first-order chi connectivity index (χ1) is 15.0. The number of rotatable bonds is 7. The Morgan fingerprint density at radius 3 is 2.41 bits per heavy atom. The van der Waals surface area contributed by atoms with Crippen LogP contribution in [0.3, 0.4) is 0 Å². The molecule has 3 N–H and O–H groups in total. The fraction of sp³-hybridized carbons (Fsp3) is 0.875. The Bertz CT molecular complexity index is 652. The topological polar surface area (TPSA) is 116 Å². The van der Waals surface area contributed by atoms with Crippen LogP contribution in [-0.4, -0.2) is 69.8 Å². The number of ether oxygens (including phenoxy) is 1. The molecule has 32 heavy (non-hydrogen) atoms. The van der Waals surface area contributed by atoms with Crippen molar-refractivity contribution in [2.24, 2.45) is 17.8 Å². The molecule has 2 saturated heterocycles. The van der Waals surface area contributed by atoms with E-state index in [1.54, 1.807) is 18.7 Å². The van der Waals surface area contributed by atoms with Gasteiger partial charge in [-0.25, -0.2) is 4.79 Å². The molecule has 0 radical (unpaired) electrons. The standard InChI is InChI=1S/C24H42N2O6/c1-14(2)21-23(30)26-12-8-11-18(26)24(31)32-20(13-19(28)17(5)22(29)25-21)15(3)9-6-7-10-16(4)27/h14-21,27-28H,6-13H2,1-5H3,(H,25,29). The highest BCUT2D eigenvalue weighted by Gasteiger charge is 2.42. The molecule has 2 rings (SSSR count). The molecule has 8 heteroatoms. The van der Waals surface area contributed by atoms with Crippen molar-refractivity contribution in [3.63, 3.8) is 0 Å². The van der Waals surface area contributed by atoms with Gasteiger partial charge in [0.2, 0.25) is 11.8 Å². The highest BCUT2D eigenvalue weighted by molar-refractivity contribution is 5.92. The Balaban J connectivity index is 2.23. The minimum atomic E-state index is -0.991. The Morgan fingerprint density at radius 1 is 1.12 bits per heavy atom. The van der Waals surface area contributed by atoms with Crippen LogP contribution in [0.15, 0.2) is 0 Å². The van der Waals surface area contributed by atoms with E-state index in [1.165, 1.54) is 0 Å². The second-order valence-corrected chi connectivity index (χ2v) is 10.1. The molecule has 0 aromatic rings. The van der Waals surface area contributed by atoms with E-state index in [2.05, 4.69) is 5.32 Å². The monoisotopic (exact) mass is 454 g/mol. The van der Waals surface area contributed by atoms with Crippen LogP contribution in [0.1, 0.15) is 79.6 Å². The molecular formula is C24H42N2O6. The summed E-state index contributed by atoms with van der Waals surface area (Å²) in [6, 6.07) is -1.40. The number of aliphatic hydroxyl groups is 2. The summed E-state index contributed by atoms with van der Waals surface area (Å²) >= 11 is 0. The van der Waals surface area contributed by atoms with Gasteiger partial charge in [0.15, 0.2) is 0 Å². The maximum atomic E-state index is 13.2. The fourth-order valence-corrected chi connectivity index (χ4v) is 4.59. The zero-order chi connectivity index (χ0) is 24.0. The van der Waals surface area contributed by atoms with Crippen LogP contribution < -0.4 is 5.32 Å². The second-order valence-electron chi connectivity index (χ2n) is 10.1. The van der Waals surface area contributed by atoms with E-state index < -0.39 is 36.2 Å². The molecule has 2 aliphatic rings. The number of aliphatic hydroxyl groups excluding tert-OH is 2. The Hall–Kier alpha value is -1.67.